The predicted octanol–water partition coefficient (Wildman–Crippen LogP) is 5.54. The van der Waals surface area contributed by atoms with Gasteiger partial charge in [-0.3, -0.25) is 10.1 Å². The van der Waals surface area contributed by atoms with Crippen molar-refractivity contribution < 1.29 is 23.9 Å². The normalized spacial score (nSPS) is 12.9. The Bertz CT molecular complexity index is 1570. The summed E-state index contributed by atoms with van der Waals surface area (Å²) in [4.78, 5) is 24.7. The highest BCUT2D eigenvalue weighted by molar-refractivity contribution is 6.41. The second-order valence-corrected chi connectivity index (χ2v) is 9.28. The first-order chi connectivity index (χ1) is 19.3. The number of nitro benzene ring substituents is 1. The Morgan fingerprint density at radius 1 is 1.05 bits per heavy atom. The molecular formula is C26H22Cl2N6O6. The molecule has 3 N–H and O–H groups in total. The van der Waals surface area contributed by atoms with Gasteiger partial charge in [0, 0.05) is 23.9 Å². The van der Waals surface area contributed by atoms with Crippen molar-refractivity contribution in [1.82, 2.24) is 15.0 Å². The summed E-state index contributed by atoms with van der Waals surface area (Å²) in [5.41, 5.74) is 7.21. The number of nitrogen functional groups attached to an aromatic ring is 1. The van der Waals surface area contributed by atoms with Crippen LogP contribution >= 0.6 is 23.2 Å². The monoisotopic (exact) mass is 584 g/mol. The number of rotatable bonds is 9. The third-order valence-corrected chi connectivity index (χ3v) is 6.71. The lowest BCUT2D eigenvalue weighted by atomic mass is 10.1. The molecule has 4 aromatic rings. The number of pyridine rings is 1. The summed E-state index contributed by atoms with van der Waals surface area (Å²) in [5.74, 6) is 1.48. The molecule has 1 aliphatic heterocycles. The van der Waals surface area contributed by atoms with E-state index in [9.17, 15) is 10.1 Å². The minimum Gasteiger partial charge on any atom is -0.495 e. The molecule has 2 aromatic carbocycles. The summed E-state index contributed by atoms with van der Waals surface area (Å²) in [6.45, 7) is 0.857. The Kier molecular flexibility index (Phi) is 7.74. The van der Waals surface area contributed by atoms with Crippen molar-refractivity contribution in [2.45, 2.75) is 6.10 Å². The van der Waals surface area contributed by atoms with Crippen LogP contribution in [-0.4, -0.2) is 53.4 Å². The van der Waals surface area contributed by atoms with Gasteiger partial charge >= 0.3 is 0 Å². The van der Waals surface area contributed by atoms with Crippen molar-refractivity contribution in [1.29, 1.82) is 0 Å². The Labute approximate surface area is 238 Å². The number of ether oxygens (including phenoxy) is 4. The van der Waals surface area contributed by atoms with Crippen molar-refractivity contribution >= 4 is 46.2 Å². The molecule has 0 amide bonds. The second-order valence-electron chi connectivity index (χ2n) is 8.52. The topological polar surface area (TPSA) is 157 Å². The lowest BCUT2D eigenvalue weighted by Crippen LogP contribution is -2.38. The van der Waals surface area contributed by atoms with Crippen LogP contribution < -0.4 is 25.3 Å². The standard InChI is InChI=1S/C26H22Cl2N6O6/c1-37-19-10-20(38-2)23(28)24(22(19)27)33-25-15(4-3-7-30-25)17-9-21(29)32-26(31-17)16-6-5-13(8-18(16)34(35)36)40-14-11-39-12-14/h3-10,14H,11-12H2,1-2H3,(H,30,33)(H2,29,31,32). The Balaban J connectivity index is 1.56. The van der Waals surface area contributed by atoms with E-state index < -0.39 is 4.92 Å². The van der Waals surface area contributed by atoms with E-state index in [1.807, 2.05) is 0 Å². The maximum Gasteiger partial charge on any atom is 0.284 e. The van der Waals surface area contributed by atoms with Crippen molar-refractivity contribution in [3.05, 3.63) is 68.8 Å². The zero-order chi connectivity index (χ0) is 28.4. The highest BCUT2D eigenvalue weighted by atomic mass is 35.5. The number of methoxy groups -OCH3 is 2. The number of hydrogen-bond acceptors (Lipinski definition) is 11. The van der Waals surface area contributed by atoms with Gasteiger partial charge in [-0.05, 0) is 24.3 Å². The summed E-state index contributed by atoms with van der Waals surface area (Å²) in [5, 5.41) is 15.5. The maximum atomic E-state index is 12.0. The first-order valence-corrected chi connectivity index (χ1v) is 12.5. The summed E-state index contributed by atoms with van der Waals surface area (Å²) in [7, 11) is 2.94. The molecule has 0 radical (unpaired) electrons. The molecule has 0 atom stereocenters. The molecule has 0 saturated carbocycles. The van der Waals surface area contributed by atoms with Gasteiger partial charge in [-0.2, -0.15) is 0 Å². The van der Waals surface area contributed by atoms with Crippen LogP contribution in [-0.2, 0) is 4.74 Å². The molecule has 1 saturated heterocycles. The minimum atomic E-state index is -0.525. The number of nitrogens with zero attached hydrogens (tertiary/aromatic N) is 4. The molecule has 40 heavy (non-hydrogen) atoms. The SMILES string of the molecule is COc1cc(OC)c(Cl)c(Nc2ncccc2-c2cc(N)nc(-c3ccc(OC4COC4)cc3[N+](=O)[O-])n2)c1Cl. The Hall–Kier alpha value is -4.39. The summed E-state index contributed by atoms with van der Waals surface area (Å²) in [6, 6.07) is 11.0. The summed E-state index contributed by atoms with van der Waals surface area (Å²) < 4.78 is 21.5. The van der Waals surface area contributed by atoms with Crippen molar-refractivity contribution in [3.8, 4) is 39.9 Å². The zero-order valence-corrected chi connectivity index (χ0v) is 22.7. The lowest BCUT2D eigenvalue weighted by Gasteiger charge is -2.26. The molecular weight excluding hydrogens is 563 g/mol. The summed E-state index contributed by atoms with van der Waals surface area (Å²) in [6.07, 6.45) is 1.41. The van der Waals surface area contributed by atoms with E-state index in [4.69, 9.17) is 47.9 Å². The largest absolute Gasteiger partial charge is 0.495 e. The molecule has 0 bridgehead atoms. The Morgan fingerprint density at radius 3 is 2.40 bits per heavy atom. The van der Waals surface area contributed by atoms with Crippen LogP contribution in [0.5, 0.6) is 17.2 Å². The number of nitrogens with one attached hydrogen (secondary N) is 1. The molecule has 0 aliphatic carbocycles. The Morgan fingerprint density at radius 2 is 1.77 bits per heavy atom. The van der Waals surface area contributed by atoms with Crippen LogP contribution in [0.1, 0.15) is 0 Å². The number of benzene rings is 2. The average Bonchev–Trinajstić information content (AvgIpc) is 2.93. The van der Waals surface area contributed by atoms with Crippen LogP contribution in [0.15, 0.2) is 48.7 Å². The van der Waals surface area contributed by atoms with Crippen molar-refractivity contribution in [3.63, 3.8) is 0 Å². The van der Waals surface area contributed by atoms with Crippen LogP contribution in [0.4, 0.5) is 23.0 Å². The number of hydrogen-bond donors (Lipinski definition) is 2. The predicted molar refractivity (Wildman–Crippen MR) is 150 cm³/mol. The third kappa shape index (κ3) is 5.37. The number of halogens is 2. The van der Waals surface area contributed by atoms with E-state index in [0.717, 1.165) is 0 Å². The van der Waals surface area contributed by atoms with E-state index in [1.165, 1.54) is 32.4 Å². The molecule has 0 unspecified atom stereocenters. The van der Waals surface area contributed by atoms with E-state index in [-0.39, 0.29) is 39.0 Å². The van der Waals surface area contributed by atoms with Gasteiger partial charge in [0.2, 0.25) is 0 Å². The van der Waals surface area contributed by atoms with E-state index >= 15 is 0 Å². The maximum absolute atomic E-state index is 12.0. The van der Waals surface area contributed by atoms with E-state index in [1.54, 1.807) is 30.5 Å². The van der Waals surface area contributed by atoms with Gasteiger partial charge in [0.15, 0.2) is 5.82 Å². The van der Waals surface area contributed by atoms with Gasteiger partial charge in [0.05, 0.1) is 55.4 Å². The van der Waals surface area contributed by atoms with Gasteiger partial charge in [-0.1, -0.05) is 23.2 Å². The highest BCUT2D eigenvalue weighted by Gasteiger charge is 2.25. The number of anilines is 3. The second kappa shape index (κ2) is 11.4. The number of aromatic nitrogens is 3. The zero-order valence-electron chi connectivity index (χ0n) is 21.2. The van der Waals surface area contributed by atoms with E-state index in [2.05, 4.69) is 20.3 Å². The molecule has 3 heterocycles. The average molecular weight is 585 g/mol. The molecule has 1 aliphatic rings. The van der Waals surface area contributed by atoms with Gasteiger partial charge in [0.1, 0.15) is 45.0 Å². The molecule has 206 valence electrons. The van der Waals surface area contributed by atoms with Crippen LogP contribution in [0.2, 0.25) is 10.0 Å². The molecule has 2 aromatic heterocycles. The minimum absolute atomic E-state index is 0.0501. The third-order valence-electron chi connectivity index (χ3n) is 5.96. The van der Waals surface area contributed by atoms with Crippen LogP contribution in [0, 0.1) is 10.1 Å². The van der Waals surface area contributed by atoms with Gasteiger partial charge < -0.3 is 30.0 Å². The molecule has 0 spiro atoms. The van der Waals surface area contributed by atoms with Gasteiger partial charge in [0.25, 0.3) is 5.69 Å². The molecule has 14 heteroatoms. The van der Waals surface area contributed by atoms with Crippen molar-refractivity contribution in [2.75, 3.05) is 38.5 Å². The fourth-order valence-electron chi connectivity index (χ4n) is 3.95. The fraction of sp³-hybridized carbons (Fsp3) is 0.192. The van der Waals surface area contributed by atoms with E-state index in [0.29, 0.717) is 53.2 Å². The first-order valence-electron chi connectivity index (χ1n) is 11.8. The lowest BCUT2D eigenvalue weighted by molar-refractivity contribution is -0.384. The first kappa shape index (κ1) is 27.2. The quantitative estimate of drug-likeness (QED) is 0.188. The summed E-state index contributed by atoms with van der Waals surface area (Å²) >= 11 is 13.1. The fourth-order valence-corrected chi connectivity index (χ4v) is 4.54. The molecule has 12 nitrogen and oxygen atoms in total. The molecule has 5 rings (SSSR count). The number of nitrogens with two attached hydrogens (primary N) is 1. The number of nitro groups is 1. The smallest absolute Gasteiger partial charge is 0.284 e. The van der Waals surface area contributed by atoms with Crippen LogP contribution in [0.25, 0.3) is 22.6 Å². The molecule has 1 fully saturated rings. The van der Waals surface area contributed by atoms with Crippen LogP contribution in [0.3, 0.4) is 0 Å². The van der Waals surface area contributed by atoms with Crippen molar-refractivity contribution in [2.24, 2.45) is 0 Å². The van der Waals surface area contributed by atoms with Gasteiger partial charge in [-0.25, -0.2) is 15.0 Å². The highest BCUT2D eigenvalue weighted by Crippen LogP contribution is 2.46. The van der Waals surface area contributed by atoms with Gasteiger partial charge in [-0.15, -0.1) is 0 Å².